The molecule has 3 aromatic rings. The monoisotopic (exact) mass is 375 g/mol. The lowest BCUT2D eigenvalue weighted by atomic mass is 10.0. The van der Waals surface area contributed by atoms with Crippen molar-refractivity contribution in [2.24, 2.45) is 0 Å². The van der Waals surface area contributed by atoms with Crippen LogP contribution in [0.5, 0.6) is 0 Å². The van der Waals surface area contributed by atoms with E-state index in [-0.39, 0.29) is 17.9 Å². The summed E-state index contributed by atoms with van der Waals surface area (Å²) in [5, 5.41) is 6.81. The second kappa shape index (κ2) is 8.21. The quantitative estimate of drug-likeness (QED) is 0.679. The van der Waals surface area contributed by atoms with E-state index in [9.17, 15) is 9.59 Å². The van der Waals surface area contributed by atoms with Crippen LogP contribution < -0.4 is 10.6 Å². The maximum Gasteiger partial charge on any atom is 0.253 e. The smallest absolute Gasteiger partial charge is 0.253 e. The first kappa shape index (κ1) is 19.5. The fourth-order valence-electron chi connectivity index (χ4n) is 3.08. The molecule has 5 nitrogen and oxygen atoms in total. The molecule has 2 aromatic carbocycles. The molecule has 3 rings (SSSR count). The van der Waals surface area contributed by atoms with E-state index in [1.54, 1.807) is 0 Å². The van der Waals surface area contributed by atoms with E-state index < -0.39 is 0 Å². The van der Waals surface area contributed by atoms with Crippen molar-refractivity contribution >= 4 is 28.4 Å². The molecule has 5 heteroatoms. The van der Waals surface area contributed by atoms with E-state index in [4.69, 9.17) is 0 Å². The molecule has 0 spiro atoms. The Morgan fingerprint density at radius 3 is 2.43 bits per heavy atom. The lowest BCUT2D eigenvalue weighted by molar-refractivity contribution is -0.115. The molecule has 28 heavy (non-hydrogen) atoms. The van der Waals surface area contributed by atoms with Gasteiger partial charge < -0.3 is 10.6 Å². The summed E-state index contributed by atoms with van der Waals surface area (Å²) in [6.07, 6.45) is 0.437. The molecule has 0 bridgehead atoms. The summed E-state index contributed by atoms with van der Waals surface area (Å²) < 4.78 is 0. The minimum absolute atomic E-state index is 0.0244. The van der Waals surface area contributed by atoms with Crippen molar-refractivity contribution < 1.29 is 9.59 Å². The maximum absolute atomic E-state index is 12.8. The molecule has 0 saturated heterocycles. The normalized spacial score (nSPS) is 11.9. The predicted molar refractivity (Wildman–Crippen MR) is 112 cm³/mol. The van der Waals surface area contributed by atoms with Crippen LogP contribution in [0.25, 0.3) is 10.9 Å². The third-order valence-electron chi connectivity index (χ3n) is 4.77. The second-order valence-corrected chi connectivity index (χ2v) is 7.04. The third kappa shape index (κ3) is 4.36. The number of pyridine rings is 1. The standard InChI is InChI=1S/C23H25N3O2/c1-5-22(27)26-19-9-7-17(8-10-19)15(3)25-23(28)20-13-18-12-14(2)6-11-21(18)24-16(20)4/h6-13,15H,5H2,1-4H3,(H,25,28)(H,26,27). The maximum atomic E-state index is 12.8. The SMILES string of the molecule is CCC(=O)Nc1ccc(C(C)NC(=O)c2cc3cc(C)ccc3nc2C)cc1. The van der Waals surface area contributed by atoms with Crippen molar-refractivity contribution in [1.82, 2.24) is 10.3 Å². The fraction of sp³-hybridized carbons (Fsp3) is 0.261. The Hall–Kier alpha value is -3.21. The number of hydrogen-bond acceptors (Lipinski definition) is 3. The van der Waals surface area contributed by atoms with E-state index in [2.05, 4.69) is 15.6 Å². The van der Waals surface area contributed by atoms with Crippen LogP contribution in [0.4, 0.5) is 5.69 Å². The summed E-state index contributed by atoms with van der Waals surface area (Å²) in [5.41, 5.74) is 5.02. The highest BCUT2D eigenvalue weighted by Gasteiger charge is 2.15. The van der Waals surface area contributed by atoms with Crippen molar-refractivity contribution in [2.75, 3.05) is 5.32 Å². The second-order valence-electron chi connectivity index (χ2n) is 7.04. The highest BCUT2D eigenvalue weighted by molar-refractivity contribution is 5.99. The third-order valence-corrected chi connectivity index (χ3v) is 4.77. The van der Waals surface area contributed by atoms with Crippen LogP contribution in [0, 0.1) is 13.8 Å². The number of nitrogens with one attached hydrogen (secondary N) is 2. The number of benzene rings is 2. The van der Waals surface area contributed by atoms with Crippen molar-refractivity contribution in [3.8, 4) is 0 Å². The predicted octanol–water partition coefficient (Wildman–Crippen LogP) is 4.69. The lowest BCUT2D eigenvalue weighted by Gasteiger charge is -2.16. The first-order chi connectivity index (χ1) is 13.4. The zero-order chi connectivity index (χ0) is 20.3. The number of carbonyl (C=O) groups excluding carboxylic acids is 2. The molecule has 1 heterocycles. The Balaban J connectivity index is 1.76. The number of nitrogens with zero attached hydrogens (tertiary/aromatic N) is 1. The molecule has 0 aliphatic rings. The molecule has 2 N–H and O–H groups in total. The number of amides is 2. The first-order valence-corrected chi connectivity index (χ1v) is 9.46. The van der Waals surface area contributed by atoms with Crippen LogP contribution in [0.2, 0.25) is 0 Å². The van der Waals surface area contributed by atoms with Crippen molar-refractivity contribution in [2.45, 2.75) is 40.2 Å². The highest BCUT2D eigenvalue weighted by atomic mass is 16.2. The number of aryl methyl sites for hydroxylation is 2. The van der Waals surface area contributed by atoms with Gasteiger partial charge in [-0.25, -0.2) is 0 Å². The van der Waals surface area contributed by atoms with Crippen LogP contribution in [-0.2, 0) is 4.79 Å². The van der Waals surface area contributed by atoms with E-state index in [0.29, 0.717) is 17.7 Å². The van der Waals surface area contributed by atoms with Gasteiger partial charge in [-0.05, 0) is 56.7 Å². The number of aromatic nitrogens is 1. The number of carbonyl (C=O) groups is 2. The number of rotatable bonds is 5. The molecule has 144 valence electrons. The summed E-state index contributed by atoms with van der Waals surface area (Å²) in [4.78, 5) is 28.9. The van der Waals surface area contributed by atoms with Crippen LogP contribution >= 0.6 is 0 Å². The molecular formula is C23H25N3O2. The number of hydrogen-bond donors (Lipinski definition) is 2. The van der Waals surface area contributed by atoms with Crippen LogP contribution in [0.3, 0.4) is 0 Å². The van der Waals surface area contributed by atoms with Gasteiger partial charge in [0, 0.05) is 17.5 Å². The summed E-state index contributed by atoms with van der Waals surface area (Å²) in [7, 11) is 0. The van der Waals surface area contributed by atoms with E-state index in [1.165, 1.54) is 0 Å². The molecule has 1 aromatic heterocycles. The summed E-state index contributed by atoms with van der Waals surface area (Å²) in [6.45, 7) is 7.62. The minimum Gasteiger partial charge on any atom is -0.345 e. The van der Waals surface area contributed by atoms with Gasteiger partial charge in [0.1, 0.15) is 0 Å². The average molecular weight is 375 g/mol. The average Bonchev–Trinajstić information content (AvgIpc) is 2.68. The Morgan fingerprint density at radius 2 is 1.75 bits per heavy atom. The zero-order valence-electron chi connectivity index (χ0n) is 16.7. The van der Waals surface area contributed by atoms with Gasteiger partial charge in [-0.3, -0.25) is 14.6 Å². The summed E-state index contributed by atoms with van der Waals surface area (Å²) in [6, 6.07) is 15.3. The first-order valence-electron chi connectivity index (χ1n) is 9.46. The summed E-state index contributed by atoms with van der Waals surface area (Å²) >= 11 is 0. The Morgan fingerprint density at radius 1 is 1.04 bits per heavy atom. The molecule has 0 aliphatic heterocycles. The van der Waals surface area contributed by atoms with Crippen LogP contribution in [-0.4, -0.2) is 16.8 Å². The van der Waals surface area contributed by atoms with Gasteiger partial charge in [0.15, 0.2) is 0 Å². The van der Waals surface area contributed by atoms with Gasteiger partial charge in [-0.2, -0.15) is 0 Å². The topological polar surface area (TPSA) is 71.1 Å². The van der Waals surface area contributed by atoms with E-state index >= 15 is 0 Å². The van der Waals surface area contributed by atoms with Gasteiger partial charge >= 0.3 is 0 Å². The molecule has 0 saturated carbocycles. The molecule has 0 radical (unpaired) electrons. The highest BCUT2D eigenvalue weighted by Crippen LogP contribution is 2.20. The van der Waals surface area contributed by atoms with E-state index in [1.807, 2.05) is 76.2 Å². The molecular weight excluding hydrogens is 350 g/mol. The van der Waals surface area contributed by atoms with Crippen molar-refractivity contribution in [3.63, 3.8) is 0 Å². The molecule has 1 atom stereocenters. The van der Waals surface area contributed by atoms with Gasteiger partial charge in [0.25, 0.3) is 5.91 Å². The van der Waals surface area contributed by atoms with Crippen LogP contribution in [0.15, 0.2) is 48.5 Å². The lowest BCUT2D eigenvalue weighted by Crippen LogP contribution is -2.27. The minimum atomic E-state index is -0.170. The van der Waals surface area contributed by atoms with Gasteiger partial charge in [0.05, 0.1) is 22.8 Å². The van der Waals surface area contributed by atoms with Crippen molar-refractivity contribution in [3.05, 3.63) is 70.9 Å². The van der Waals surface area contributed by atoms with Gasteiger partial charge in [-0.1, -0.05) is 30.7 Å². The number of anilines is 1. The van der Waals surface area contributed by atoms with Crippen molar-refractivity contribution in [1.29, 1.82) is 0 Å². The molecule has 1 unspecified atom stereocenters. The molecule has 0 aliphatic carbocycles. The summed E-state index contributed by atoms with van der Waals surface area (Å²) in [5.74, 6) is -0.173. The Kier molecular flexibility index (Phi) is 5.73. The fourth-order valence-corrected chi connectivity index (χ4v) is 3.08. The Labute approximate surface area is 165 Å². The largest absolute Gasteiger partial charge is 0.345 e. The van der Waals surface area contributed by atoms with Gasteiger partial charge in [0.2, 0.25) is 5.91 Å². The number of fused-ring (bicyclic) bond motifs is 1. The van der Waals surface area contributed by atoms with E-state index in [0.717, 1.165) is 27.7 Å². The van der Waals surface area contributed by atoms with Gasteiger partial charge in [-0.15, -0.1) is 0 Å². The Bertz CT molecular complexity index is 1030. The zero-order valence-corrected chi connectivity index (χ0v) is 16.7. The molecule has 0 fully saturated rings. The molecule has 2 amide bonds. The van der Waals surface area contributed by atoms with Crippen LogP contribution in [0.1, 0.15) is 53.5 Å².